The van der Waals surface area contributed by atoms with Crippen LogP contribution in [-0.4, -0.2) is 18.4 Å². The molecule has 166 valence electrons. The van der Waals surface area contributed by atoms with E-state index in [1.165, 1.54) is 22.3 Å². The van der Waals surface area contributed by atoms with E-state index in [9.17, 15) is 18.4 Å². The van der Waals surface area contributed by atoms with Gasteiger partial charge in [0.1, 0.15) is 17.3 Å². The average Bonchev–Trinajstić information content (AvgIpc) is 3.49. The van der Waals surface area contributed by atoms with Crippen molar-refractivity contribution in [2.45, 2.75) is 6.42 Å². The maximum Gasteiger partial charge on any atom is 0.265 e. The van der Waals surface area contributed by atoms with Gasteiger partial charge in [0, 0.05) is 17.8 Å². The second-order valence-electron chi connectivity index (χ2n) is 7.15. The molecule has 3 N–H and O–H groups in total. The number of rotatable bonds is 3. The number of halogens is 2. The monoisotopic (exact) mass is 485 g/mol. The largest absolute Gasteiger partial charge is 0.399 e. The van der Waals surface area contributed by atoms with E-state index in [2.05, 4.69) is 5.32 Å². The van der Waals surface area contributed by atoms with Crippen LogP contribution < -0.4 is 16.0 Å². The number of thiophene rings is 2. The van der Waals surface area contributed by atoms with Crippen molar-refractivity contribution < 1.29 is 23.9 Å². The molecule has 0 bridgehead atoms. The third-order valence-corrected chi connectivity index (χ3v) is 7.33. The van der Waals surface area contributed by atoms with Crippen molar-refractivity contribution in [2.24, 2.45) is 0 Å². The Morgan fingerprint density at radius 1 is 1.09 bits per heavy atom. The van der Waals surface area contributed by atoms with Crippen LogP contribution >= 0.6 is 22.7 Å². The van der Waals surface area contributed by atoms with Crippen LogP contribution in [0.5, 0.6) is 0 Å². The highest BCUT2D eigenvalue weighted by Crippen LogP contribution is 2.45. The molecule has 2 amide bonds. The van der Waals surface area contributed by atoms with E-state index in [0.29, 0.717) is 17.0 Å². The minimum atomic E-state index is -0.891. The molecule has 33 heavy (non-hydrogen) atoms. The van der Waals surface area contributed by atoms with Crippen LogP contribution in [0.2, 0.25) is 0 Å². The van der Waals surface area contributed by atoms with Gasteiger partial charge in [-0.25, -0.2) is 8.78 Å². The normalized spacial score (nSPS) is 14.3. The first-order valence-corrected chi connectivity index (χ1v) is 11.4. The quantitative estimate of drug-likeness (QED) is 0.361. The minimum Gasteiger partial charge on any atom is -0.399 e. The summed E-state index contributed by atoms with van der Waals surface area (Å²) < 4.78 is 60.4. The number of para-hydroxylation sites is 1. The smallest absolute Gasteiger partial charge is 0.265 e. The van der Waals surface area contributed by atoms with Gasteiger partial charge in [0.25, 0.3) is 11.8 Å². The number of hydrogen-bond acceptors (Lipinski definition) is 5. The lowest BCUT2D eigenvalue weighted by Gasteiger charge is -2.21. The van der Waals surface area contributed by atoms with E-state index in [-0.39, 0.29) is 22.7 Å². The van der Waals surface area contributed by atoms with Gasteiger partial charge < -0.3 is 16.0 Å². The molecule has 0 aliphatic carbocycles. The summed E-state index contributed by atoms with van der Waals surface area (Å²) in [6.07, 6.45) is 0.317. The van der Waals surface area contributed by atoms with Crippen LogP contribution in [0.25, 0.3) is 9.75 Å². The fraction of sp³-hybridized carbons (Fsp3) is 0.0833. The number of carbonyl (C=O) groups is 2. The van der Waals surface area contributed by atoms with Crippen LogP contribution in [0.15, 0.2) is 59.9 Å². The molecule has 0 radical (unpaired) electrons. The molecule has 0 saturated carbocycles. The van der Waals surface area contributed by atoms with Crippen molar-refractivity contribution in [1.29, 1.82) is 0 Å². The summed E-state index contributed by atoms with van der Waals surface area (Å²) in [6, 6.07) is 4.62. The molecule has 4 aromatic rings. The SMILES string of the molecule is [2H]c1c([2H])c(C(=O)N2CCc3cc(C(=O)Nc4c(F)cccc4F)sc3-c3sccc32)c([2H])c([2H])c1N. The Morgan fingerprint density at radius 2 is 1.82 bits per heavy atom. The zero-order valence-corrected chi connectivity index (χ0v) is 18.4. The number of fused-ring (bicyclic) bond motifs is 3. The van der Waals surface area contributed by atoms with Gasteiger partial charge in [-0.15, -0.1) is 22.7 Å². The summed E-state index contributed by atoms with van der Waals surface area (Å²) in [4.78, 5) is 29.4. The van der Waals surface area contributed by atoms with E-state index in [4.69, 9.17) is 11.2 Å². The summed E-state index contributed by atoms with van der Waals surface area (Å²) in [5, 5.41) is 4.04. The van der Waals surface area contributed by atoms with E-state index < -0.39 is 53.3 Å². The number of nitrogens with one attached hydrogen (secondary N) is 1. The standard InChI is InChI=1S/C24H17F2N3O2S2/c25-16-2-1-3-17(26)20(16)28-23(30)19-12-14-8-10-29(18-9-11-32-22(18)21(14)33-19)24(31)13-4-6-15(27)7-5-13/h1-7,9,11-12H,8,10,27H2,(H,28,30)/i4D,5D,6D,7D. The number of nitrogens with zero attached hydrogens (tertiary/aromatic N) is 1. The van der Waals surface area contributed by atoms with Crippen molar-refractivity contribution >= 4 is 51.6 Å². The highest BCUT2D eigenvalue weighted by Gasteiger charge is 2.29. The predicted molar refractivity (Wildman–Crippen MR) is 128 cm³/mol. The molecule has 1 aliphatic rings. The van der Waals surface area contributed by atoms with Crippen LogP contribution in [0.3, 0.4) is 0 Å². The molecule has 0 fully saturated rings. The van der Waals surface area contributed by atoms with Crippen molar-refractivity contribution in [2.75, 3.05) is 22.5 Å². The van der Waals surface area contributed by atoms with Crippen LogP contribution in [-0.2, 0) is 6.42 Å². The summed E-state index contributed by atoms with van der Waals surface area (Å²) in [5.41, 5.74) is 5.66. The Morgan fingerprint density at radius 3 is 2.55 bits per heavy atom. The molecule has 0 unspecified atom stereocenters. The van der Waals surface area contributed by atoms with Crippen molar-refractivity contribution in [3.63, 3.8) is 0 Å². The molecule has 0 saturated heterocycles. The fourth-order valence-electron chi connectivity index (χ4n) is 3.52. The molecule has 5 rings (SSSR count). The van der Waals surface area contributed by atoms with Crippen LogP contribution in [0.4, 0.5) is 25.8 Å². The number of hydrogen-bond donors (Lipinski definition) is 2. The lowest BCUT2D eigenvalue weighted by atomic mass is 10.1. The molecule has 5 nitrogen and oxygen atoms in total. The van der Waals surface area contributed by atoms with Gasteiger partial charge in [0.15, 0.2) is 0 Å². The Labute approximate surface area is 201 Å². The lowest BCUT2D eigenvalue weighted by Crippen LogP contribution is -2.32. The maximum absolute atomic E-state index is 14.0. The predicted octanol–water partition coefficient (Wildman–Crippen LogP) is 5.79. The zero-order valence-electron chi connectivity index (χ0n) is 20.8. The second-order valence-corrected chi connectivity index (χ2v) is 9.11. The number of nitrogen functional groups attached to an aromatic ring is 1. The summed E-state index contributed by atoms with van der Waals surface area (Å²) in [7, 11) is 0. The average molecular weight is 486 g/mol. The van der Waals surface area contributed by atoms with Gasteiger partial charge in [-0.1, -0.05) is 6.07 Å². The summed E-state index contributed by atoms with van der Waals surface area (Å²) in [5.74, 6) is -3.14. The molecule has 2 aromatic heterocycles. The molecule has 9 heteroatoms. The van der Waals surface area contributed by atoms with Crippen molar-refractivity contribution in [3.8, 4) is 9.75 Å². The number of carbonyl (C=O) groups excluding carboxylic acids is 2. The molecule has 0 spiro atoms. The van der Waals surface area contributed by atoms with Crippen molar-refractivity contribution in [3.05, 3.63) is 87.5 Å². The Hall–Kier alpha value is -3.56. The Bertz CT molecular complexity index is 1560. The van der Waals surface area contributed by atoms with Gasteiger partial charge in [-0.2, -0.15) is 0 Å². The molecule has 3 heterocycles. The Balaban J connectivity index is 1.50. The second kappa shape index (κ2) is 8.42. The van der Waals surface area contributed by atoms with Crippen LogP contribution in [0, 0.1) is 11.6 Å². The minimum absolute atomic E-state index is 0.138. The molecular weight excluding hydrogens is 464 g/mol. The van der Waals surface area contributed by atoms with Gasteiger partial charge in [0.05, 0.1) is 25.8 Å². The number of amides is 2. The fourth-order valence-corrected chi connectivity index (χ4v) is 5.72. The molecule has 1 aliphatic heterocycles. The number of nitrogens with two attached hydrogens (primary N) is 1. The Kier molecular flexibility index (Phi) is 4.33. The first-order chi connectivity index (χ1) is 17.6. The molecular formula is C24H17F2N3O2S2. The summed E-state index contributed by atoms with van der Waals surface area (Å²) in [6.45, 7) is 0.138. The third kappa shape index (κ3) is 3.90. The molecule has 0 atom stereocenters. The highest BCUT2D eigenvalue weighted by molar-refractivity contribution is 7.23. The highest BCUT2D eigenvalue weighted by atomic mass is 32.1. The maximum atomic E-state index is 14.0. The first-order valence-electron chi connectivity index (χ1n) is 11.7. The summed E-state index contributed by atoms with van der Waals surface area (Å²) >= 11 is 2.45. The van der Waals surface area contributed by atoms with Crippen LogP contribution in [0.1, 0.15) is 31.1 Å². The van der Waals surface area contributed by atoms with Gasteiger partial charge in [-0.05, 0) is 65.8 Å². The topological polar surface area (TPSA) is 75.4 Å². The van der Waals surface area contributed by atoms with E-state index in [1.807, 2.05) is 0 Å². The van der Waals surface area contributed by atoms with Gasteiger partial charge in [-0.3, -0.25) is 9.59 Å². The molecule has 2 aromatic carbocycles. The van der Waals surface area contributed by atoms with Crippen molar-refractivity contribution in [1.82, 2.24) is 0 Å². The first kappa shape index (κ1) is 17.0. The van der Waals surface area contributed by atoms with E-state index in [1.54, 1.807) is 17.5 Å². The van der Waals surface area contributed by atoms with Gasteiger partial charge >= 0.3 is 0 Å². The zero-order chi connectivity index (χ0) is 26.6. The van der Waals surface area contributed by atoms with Gasteiger partial charge in [0.2, 0.25) is 0 Å². The van der Waals surface area contributed by atoms with E-state index in [0.717, 1.165) is 33.9 Å². The van der Waals surface area contributed by atoms with E-state index >= 15 is 0 Å². The lowest BCUT2D eigenvalue weighted by molar-refractivity contribution is 0.0985. The third-order valence-electron chi connectivity index (χ3n) is 5.08. The number of anilines is 3. The number of benzene rings is 2.